The van der Waals surface area contributed by atoms with Crippen molar-refractivity contribution >= 4 is 11.8 Å². The number of amides is 2. The summed E-state index contributed by atoms with van der Waals surface area (Å²) in [6, 6.07) is 16.9. The third kappa shape index (κ3) is 7.26. The highest BCUT2D eigenvalue weighted by molar-refractivity contribution is 5.88. The van der Waals surface area contributed by atoms with E-state index in [1.54, 1.807) is 11.8 Å². The van der Waals surface area contributed by atoms with Gasteiger partial charge in [0.2, 0.25) is 5.91 Å². The van der Waals surface area contributed by atoms with Gasteiger partial charge in [-0.25, -0.2) is 0 Å². The molecule has 0 bridgehead atoms. The first kappa shape index (κ1) is 22.5. The van der Waals surface area contributed by atoms with Crippen LogP contribution >= 0.6 is 0 Å². The van der Waals surface area contributed by atoms with Crippen LogP contribution in [0.5, 0.6) is 5.75 Å². The molecule has 0 aromatic heterocycles. The van der Waals surface area contributed by atoms with Crippen LogP contribution < -0.4 is 10.1 Å². The van der Waals surface area contributed by atoms with Crippen LogP contribution in [0.25, 0.3) is 0 Å². The molecule has 5 nitrogen and oxygen atoms in total. The number of carbonyl (C=O) groups is 2. The second kappa shape index (κ2) is 10.1. The van der Waals surface area contributed by atoms with E-state index in [2.05, 4.69) is 5.32 Å². The van der Waals surface area contributed by atoms with Crippen molar-refractivity contribution in [3.8, 4) is 5.75 Å². The number of aryl methyl sites for hydroxylation is 1. The molecule has 0 aliphatic heterocycles. The minimum atomic E-state index is -0.592. The Bertz CT molecular complexity index is 812. The van der Waals surface area contributed by atoms with Crippen LogP contribution in [0.3, 0.4) is 0 Å². The predicted molar refractivity (Wildman–Crippen MR) is 116 cm³/mol. The maximum atomic E-state index is 13.0. The van der Waals surface area contributed by atoms with Gasteiger partial charge in [-0.3, -0.25) is 9.59 Å². The lowest BCUT2D eigenvalue weighted by molar-refractivity contribution is -0.142. The standard InChI is InChI=1S/C24H32N2O3/c1-18-11-9-10-14-21(18)29-17-22(27)26(16-15-20-12-7-6-8-13-20)19(2)23(28)25-24(3,4)5/h6-14,19H,15-17H2,1-5H3,(H,25,28)/t19-/m1/s1. The average Bonchev–Trinajstić information content (AvgIpc) is 2.66. The molecule has 0 fully saturated rings. The van der Waals surface area contributed by atoms with E-state index in [1.165, 1.54) is 0 Å². The lowest BCUT2D eigenvalue weighted by Crippen LogP contribution is -2.53. The van der Waals surface area contributed by atoms with Crippen LogP contribution in [0, 0.1) is 6.92 Å². The highest BCUT2D eigenvalue weighted by Crippen LogP contribution is 2.16. The molecular weight excluding hydrogens is 364 g/mol. The van der Waals surface area contributed by atoms with E-state index in [9.17, 15) is 9.59 Å². The molecule has 2 rings (SSSR count). The van der Waals surface area contributed by atoms with Crippen molar-refractivity contribution in [2.75, 3.05) is 13.2 Å². The second-order valence-electron chi connectivity index (χ2n) is 8.29. The summed E-state index contributed by atoms with van der Waals surface area (Å²) in [7, 11) is 0. The summed E-state index contributed by atoms with van der Waals surface area (Å²) in [4.78, 5) is 27.3. The molecule has 2 amide bonds. The molecule has 29 heavy (non-hydrogen) atoms. The number of nitrogens with zero attached hydrogens (tertiary/aromatic N) is 1. The van der Waals surface area contributed by atoms with Gasteiger partial charge in [0.15, 0.2) is 6.61 Å². The fraction of sp³-hybridized carbons (Fsp3) is 0.417. The number of benzene rings is 2. The highest BCUT2D eigenvalue weighted by atomic mass is 16.5. The van der Waals surface area contributed by atoms with Crippen LogP contribution in [0.1, 0.15) is 38.8 Å². The minimum absolute atomic E-state index is 0.104. The number of ether oxygens (including phenoxy) is 1. The molecule has 1 atom stereocenters. The molecule has 5 heteroatoms. The molecule has 2 aromatic carbocycles. The van der Waals surface area contributed by atoms with E-state index in [0.29, 0.717) is 18.7 Å². The Kier molecular flexibility index (Phi) is 7.82. The maximum absolute atomic E-state index is 13.0. The number of hydrogen-bond acceptors (Lipinski definition) is 3. The first-order chi connectivity index (χ1) is 13.7. The largest absolute Gasteiger partial charge is 0.484 e. The summed E-state index contributed by atoms with van der Waals surface area (Å²) < 4.78 is 5.74. The van der Waals surface area contributed by atoms with Gasteiger partial charge in [0.25, 0.3) is 5.91 Å². The van der Waals surface area contributed by atoms with Crippen LogP contribution in [0.4, 0.5) is 0 Å². The zero-order valence-electron chi connectivity index (χ0n) is 18.1. The third-order valence-corrected chi connectivity index (χ3v) is 4.59. The quantitative estimate of drug-likeness (QED) is 0.739. The van der Waals surface area contributed by atoms with Crippen molar-refractivity contribution in [1.29, 1.82) is 0 Å². The number of para-hydroxylation sites is 1. The van der Waals surface area contributed by atoms with E-state index in [1.807, 2.05) is 82.3 Å². The third-order valence-electron chi connectivity index (χ3n) is 4.59. The van der Waals surface area contributed by atoms with E-state index in [-0.39, 0.29) is 24.0 Å². The van der Waals surface area contributed by atoms with E-state index in [4.69, 9.17) is 4.74 Å². The van der Waals surface area contributed by atoms with Gasteiger partial charge in [0, 0.05) is 12.1 Å². The van der Waals surface area contributed by atoms with Gasteiger partial charge in [0.1, 0.15) is 11.8 Å². The van der Waals surface area contributed by atoms with Crippen molar-refractivity contribution in [3.05, 3.63) is 65.7 Å². The Morgan fingerprint density at radius 3 is 2.28 bits per heavy atom. The van der Waals surface area contributed by atoms with Crippen LogP contribution in [0.15, 0.2) is 54.6 Å². The van der Waals surface area contributed by atoms with E-state index >= 15 is 0 Å². The van der Waals surface area contributed by atoms with Gasteiger partial charge in [-0.2, -0.15) is 0 Å². The zero-order chi connectivity index (χ0) is 21.4. The fourth-order valence-corrected chi connectivity index (χ4v) is 2.98. The van der Waals surface area contributed by atoms with Crippen molar-refractivity contribution in [2.24, 2.45) is 0 Å². The lowest BCUT2D eigenvalue weighted by Gasteiger charge is -2.31. The van der Waals surface area contributed by atoms with Gasteiger partial charge in [0.05, 0.1) is 0 Å². The molecule has 156 valence electrons. The first-order valence-electron chi connectivity index (χ1n) is 10.0. The smallest absolute Gasteiger partial charge is 0.261 e. The summed E-state index contributed by atoms with van der Waals surface area (Å²) in [6.45, 7) is 9.81. The highest BCUT2D eigenvalue weighted by Gasteiger charge is 2.28. The normalized spacial score (nSPS) is 12.2. The van der Waals surface area contributed by atoms with Crippen molar-refractivity contribution < 1.29 is 14.3 Å². The molecule has 0 heterocycles. The predicted octanol–water partition coefficient (Wildman–Crippen LogP) is 3.75. The van der Waals surface area contributed by atoms with Crippen LogP contribution in [-0.4, -0.2) is 41.4 Å². The molecule has 0 spiro atoms. The molecule has 0 saturated carbocycles. The summed E-state index contributed by atoms with van der Waals surface area (Å²) in [5, 5.41) is 2.96. The van der Waals surface area contributed by atoms with E-state index < -0.39 is 6.04 Å². The number of nitrogens with one attached hydrogen (secondary N) is 1. The lowest BCUT2D eigenvalue weighted by atomic mass is 10.1. The summed E-state index contributed by atoms with van der Waals surface area (Å²) >= 11 is 0. The molecule has 1 N–H and O–H groups in total. The van der Waals surface area contributed by atoms with Gasteiger partial charge < -0.3 is 15.0 Å². The van der Waals surface area contributed by atoms with Crippen LogP contribution in [-0.2, 0) is 16.0 Å². The Morgan fingerprint density at radius 2 is 1.66 bits per heavy atom. The Balaban J connectivity index is 2.10. The zero-order valence-corrected chi connectivity index (χ0v) is 18.1. The monoisotopic (exact) mass is 396 g/mol. The van der Waals surface area contributed by atoms with Gasteiger partial charge in [-0.15, -0.1) is 0 Å². The second-order valence-corrected chi connectivity index (χ2v) is 8.29. The topological polar surface area (TPSA) is 58.6 Å². The van der Waals surface area contributed by atoms with Gasteiger partial charge >= 0.3 is 0 Å². The van der Waals surface area contributed by atoms with Crippen molar-refractivity contribution in [2.45, 2.75) is 52.6 Å². The Hall–Kier alpha value is -2.82. The Labute approximate surface area is 174 Å². The molecule has 0 unspecified atom stereocenters. The molecule has 2 aromatic rings. The summed E-state index contributed by atoms with van der Waals surface area (Å²) in [6.07, 6.45) is 0.671. The van der Waals surface area contributed by atoms with Gasteiger partial charge in [-0.05, 0) is 58.2 Å². The SMILES string of the molecule is Cc1ccccc1OCC(=O)N(CCc1ccccc1)[C@H](C)C(=O)NC(C)(C)C. The number of carbonyl (C=O) groups excluding carboxylic acids is 2. The minimum Gasteiger partial charge on any atom is -0.484 e. The van der Waals surface area contributed by atoms with Crippen molar-refractivity contribution in [1.82, 2.24) is 10.2 Å². The number of rotatable bonds is 8. The number of hydrogen-bond donors (Lipinski definition) is 1. The molecular formula is C24H32N2O3. The maximum Gasteiger partial charge on any atom is 0.261 e. The molecule has 0 radical (unpaired) electrons. The fourth-order valence-electron chi connectivity index (χ4n) is 2.98. The van der Waals surface area contributed by atoms with Crippen molar-refractivity contribution in [3.63, 3.8) is 0 Å². The van der Waals surface area contributed by atoms with E-state index in [0.717, 1.165) is 11.1 Å². The molecule has 0 aliphatic carbocycles. The van der Waals surface area contributed by atoms with Gasteiger partial charge in [-0.1, -0.05) is 48.5 Å². The molecule has 0 saturated heterocycles. The summed E-state index contributed by atoms with van der Waals surface area (Å²) in [5.41, 5.74) is 1.72. The van der Waals surface area contributed by atoms with Crippen LogP contribution in [0.2, 0.25) is 0 Å². The summed E-state index contributed by atoms with van der Waals surface area (Å²) in [5.74, 6) is 0.297. The molecule has 0 aliphatic rings. The average molecular weight is 397 g/mol. The first-order valence-corrected chi connectivity index (χ1v) is 10.0. The Morgan fingerprint density at radius 1 is 1.03 bits per heavy atom.